The fourth-order valence-electron chi connectivity index (χ4n) is 2.17. The summed E-state index contributed by atoms with van der Waals surface area (Å²) in [7, 11) is 0. The Morgan fingerprint density at radius 1 is 1.48 bits per heavy atom. The number of aryl methyl sites for hydroxylation is 1. The molecule has 118 valence electrons. The Bertz CT molecular complexity index is 842. The van der Waals surface area contributed by atoms with Gasteiger partial charge < -0.3 is 15.4 Å². The molecule has 2 heterocycles. The van der Waals surface area contributed by atoms with E-state index < -0.39 is 5.91 Å². The van der Waals surface area contributed by atoms with Crippen molar-refractivity contribution in [3.8, 4) is 11.4 Å². The normalized spacial score (nSPS) is 10.7. The Labute approximate surface area is 130 Å². The van der Waals surface area contributed by atoms with Crippen molar-refractivity contribution in [2.24, 2.45) is 0 Å². The van der Waals surface area contributed by atoms with Gasteiger partial charge in [-0.05, 0) is 30.7 Å². The van der Waals surface area contributed by atoms with Crippen molar-refractivity contribution >= 4 is 5.91 Å². The molecule has 0 aliphatic rings. The number of amides is 1. The van der Waals surface area contributed by atoms with E-state index in [1.165, 1.54) is 29.1 Å². The predicted molar refractivity (Wildman–Crippen MR) is 79.7 cm³/mol. The van der Waals surface area contributed by atoms with Crippen LogP contribution >= 0.6 is 0 Å². The maximum atomic E-state index is 13.2. The van der Waals surface area contributed by atoms with Crippen LogP contribution in [0.25, 0.3) is 5.69 Å². The van der Waals surface area contributed by atoms with Gasteiger partial charge in [0.05, 0.1) is 18.4 Å². The predicted octanol–water partition coefficient (Wildman–Crippen LogP) is 1.68. The highest BCUT2D eigenvalue weighted by atomic mass is 19.1. The summed E-state index contributed by atoms with van der Waals surface area (Å²) in [6.07, 6.45) is 4.53. The average Bonchev–Trinajstić information content (AvgIpc) is 3.14. The van der Waals surface area contributed by atoms with E-state index in [4.69, 9.17) is 0 Å². The summed E-state index contributed by atoms with van der Waals surface area (Å²) in [5.74, 6) is -0.561. The molecule has 2 aromatic heterocycles. The van der Waals surface area contributed by atoms with Crippen LogP contribution in [0.3, 0.4) is 0 Å². The summed E-state index contributed by atoms with van der Waals surface area (Å²) in [5.41, 5.74) is 1.10. The summed E-state index contributed by atoms with van der Waals surface area (Å²) in [4.78, 5) is 18.9. The van der Waals surface area contributed by atoms with E-state index in [2.05, 4.69) is 20.4 Å². The molecule has 23 heavy (non-hydrogen) atoms. The minimum atomic E-state index is -0.530. The van der Waals surface area contributed by atoms with Gasteiger partial charge in [0.1, 0.15) is 11.6 Å². The first kappa shape index (κ1) is 14.8. The number of benzene rings is 1. The minimum Gasteiger partial charge on any atom is -0.504 e. The van der Waals surface area contributed by atoms with E-state index in [-0.39, 0.29) is 23.8 Å². The number of nitrogens with zero attached hydrogens (tertiary/aromatic N) is 3. The molecule has 3 N–H and O–H groups in total. The van der Waals surface area contributed by atoms with Crippen LogP contribution in [0.15, 0.2) is 36.8 Å². The first-order valence-electron chi connectivity index (χ1n) is 6.86. The minimum absolute atomic E-state index is 0.111. The van der Waals surface area contributed by atoms with E-state index in [0.717, 1.165) is 0 Å². The van der Waals surface area contributed by atoms with Crippen molar-refractivity contribution in [2.45, 2.75) is 13.5 Å². The van der Waals surface area contributed by atoms with Gasteiger partial charge in [-0.2, -0.15) is 5.10 Å². The van der Waals surface area contributed by atoms with Gasteiger partial charge in [0.2, 0.25) is 0 Å². The number of carbonyl (C=O) groups is 1. The van der Waals surface area contributed by atoms with E-state index >= 15 is 0 Å². The van der Waals surface area contributed by atoms with Gasteiger partial charge in [-0.3, -0.25) is 4.79 Å². The molecule has 8 heteroatoms. The number of halogens is 1. The zero-order valence-electron chi connectivity index (χ0n) is 12.2. The topological polar surface area (TPSA) is 95.8 Å². The van der Waals surface area contributed by atoms with Crippen molar-refractivity contribution in [2.75, 3.05) is 0 Å². The Hall–Kier alpha value is -3.16. The van der Waals surface area contributed by atoms with Crippen LogP contribution in [0.2, 0.25) is 0 Å². The molecule has 0 unspecified atom stereocenters. The molecular formula is C15H14FN5O2. The molecule has 0 radical (unpaired) electrons. The number of H-pyrrole nitrogens is 1. The van der Waals surface area contributed by atoms with Gasteiger partial charge in [-0.1, -0.05) is 0 Å². The molecule has 0 aliphatic heterocycles. The maximum absolute atomic E-state index is 13.2. The highest BCUT2D eigenvalue weighted by Gasteiger charge is 2.17. The zero-order valence-corrected chi connectivity index (χ0v) is 12.2. The Kier molecular flexibility index (Phi) is 3.80. The molecule has 0 saturated carbocycles. The fraction of sp³-hybridized carbons (Fsp3) is 0.133. The van der Waals surface area contributed by atoms with Crippen molar-refractivity contribution in [1.29, 1.82) is 0 Å². The molecular weight excluding hydrogens is 301 g/mol. The Balaban J connectivity index is 1.81. The molecule has 0 fully saturated rings. The molecule has 1 amide bonds. The van der Waals surface area contributed by atoms with Crippen LogP contribution < -0.4 is 5.32 Å². The number of nitrogens with one attached hydrogen (secondary N) is 2. The second kappa shape index (κ2) is 5.91. The summed E-state index contributed by atoms with van der Waals surface area (Å²) in [6.45, 7) is 1.90. The first-order chi connectivity index (χ1) is 11.0. The van der Waals surface area contributed by atoms with Gasteiger partial charge in [-0.15, -0.1) is 0 Å². The number of imidazole rings is 1. The van der Waals surface area contributed by atoms with Crippen LogP contribution in [-0.2, 0) is 6.54 Å². The highest BCUT2D eigenvalue weighted by molar-refractivity contribution is 5.94. The summed E-state index contributed by atoms with van der Waals surface area (Å²) in [6, 6.07) is 4.17. The van der Waals surface area contributed by atoms with Crippen molar-refractivity contribution in [3.05, 3.63) is 59.7 Å². The average molecular weight is 315 g/mol. The molecule has 3 rings (SSSR count). The number of aromatic amines is 1. The maximum Gasteiger partial charge on any atom is 0.276 e. The molecule has 0 atom stereocenters. The fourth-order valence-corrected chi connectivity index (χ4v) is 2.17. The van der Waals surface area contributed by atoms with Gasteiger partial charge in [0, 0.05) is 12.4 Å². The van der Waals surface area contributed by atoms with Crippen molar-refractivity contribution < 1.29 is 14.3 Å². The second-order valence-corrected chi connectivity index (χ2v) is 4.96. The van der Waals surface area contributed by atoms with Crippen LogP contribution in [0, 0.1) is 12.7 Å². The smallest absolute Gasteiger partial charge is 0.276 e. The van der Waals surface area contributed by atoms with Crippen molar-refractivity contribution in [1.82, 2.24) is 25.1 Å². The van der Waals surface area contributed by atoms with Crippen LogP contribution in [0.1, 0.15) is 21.9 Å². The van der Waals surface area contributed by atoms with Gasteiger partial charge in [0.15, 0.2) is 11.4 Å². The number of rotatable bonds is 4. The zero-order chi connectivity index (χ0) is 16.4. The lowest BCUT2D eigenvalue weighted by atomic mass is 10.2. The monoisotopic (exact) mass is 315 g/mol. The third-order valence-electron chi connectivity index (χ3n) is 3.29. The summed E-state index contributed by atoms with van der Waals surface area (Å²) < 4.78 is 14.5. The molecule has 0 spiro atoms. The number of carbonyl (C=O) groups excluding carboxylic acids is 1. The van der Waals surface area contributed by atoms with E-state index in [1.807, 2.05) is 0 Å². The number of hydrogen-bond acceptors (Lipinski definition) is 4. The standard InChI is InChI=1S/C15H14FN5O2/c1-9-6-10(16)2-3-11(9)21-8-12(22)14(20-21)15(23)19-7-13-17-4-5-18-13/h2-6,8,22H,7H2,1H3,(H,17,18)(H,19,23). The lowest BCUT2D eigenvalue weighted by Crippen LogP contribution is -2.24. The molecule has 0 saturated heterocycles. The SMILES string of the molecule is Cc1cc(F)ccc1-n1cc(O)c(C(=O)NCc2ncc[nH]2)n1. The first-order valence-corrected chi connectivity index (χ1v) is 6.86. The van der Waals surface area contributed by atoms with E-state index in [9.17, 15) is 14.3 Å². The van der Waals surface area contributed by atoms with Gasteiger partial charge in [0.25, 0.3) is 5.91 Å². The third-order valence-corrected chi connectivity index (χ3v) is 3.29. The van der Waals surface area contributed by atoms with Crippen molar-refractivity contribution in [3.63, 3.8) is 0 Å². The van der Waals surface area contributed by atoms with E-state index in [0.29, 0.717) is 17.1 Å². The quantitative estimate of drug-likeness (QED) is 0.682. The highest BCUT2D eigenvalue weighted by Crippen LogP contribution is 2.21. The van der Waals surface area contributed by atoms with E-state index in [1.54, 1.807) is 19.3 Å². The van der Waals surface area contributed by atoms with Gasteiger partial charge >= 0.3 is 0 Å². The third kappa shape index (κ3) is 3.05. The molecule has 7 nitrogen and oxygen atoms in total. The number of aromatic nitrogens is 4. The lowest BCUT2D eigenvalue weighted by Gasteiger charge is -2.05. The molecule has 1 aromatic carbocycles. The number of aromatic hydroxyl groups is 1. The van der Waals surface area contributed by atoms with Crippen LogP contribution in [0.4, 0.5) is 4.39 Å². The molecule has 0 aliphatic carbocycles. The lowest BCUT2D eigenvalue weighted by molar-refractivity contribution is 0.0942. The second-order valence-electron chi connectivity index (χ2n) is 4.96. The molecule has 0 bridgehead atoms. The molecule has 3 aromatic rings. The van der Waals surface area contributed by atoms with Crippen LogP contribution in [0.5, 0.6) is 5.75 Å². The Morgan fingerprint density at radius 3 is 3.00 bits per heavy atom. The van der Waals surface area contributed by atoms with Gasteiger partial charge in [-0.25, -0.2) is 14.1 Å². The Morgan fingerprint density at radius 2 is 2.30 bits per heavy atom. The summed E-state index contributed by atoms with van der Waals surface area (Å²) in [5, 5.41) is 16.6. The largest absolute Gasteiger partial charge is 0.504 e. The summed E-state index contributed by atoms with van der Waals surface area (Å²) >= 11 is 0. The number of hydrogen-bond donors (Lipinski definition) is 3. The van der Waals surface area contributed by atoms with Crippen LogP contribution in [-0.4, -0.2) is 30.8 Å².